The van der Waals surface area contributed by atoms with Gasteiger partial charge in [0.25, 0.3) is 0 Å². The van der Waals surface area contributed by atoms with Crippen molar-refractivity contribution in [1.82, 2.24) is 0 Å². The normalized spacial score (nSPS) is 10.3. The third kappa shape index (κ3) is 3.37. The van der Waals surface area contributed by atoms with Crippen LogP contribution in [-0.2, 0) is 6.42 Å². The lowest BCUT2D eigenvalue weighted by Gasteiger charge is -2.09. The molecular weight excluding hydrogens is 278 g/mol. The van der Waals surface area contributed by atoms with Crippen molar-refractivity contribution in [1.29, 1.82) is 0 Å². The number of Topliss-reactive ketones (excluding diaryl/α,β-unsaturated/α-hetero) is 1. The first kappa shape index (κ1) is 15.0. The van der Waals surface area contributed by atoms with Crippen LogP contribution in [0.3, 0.4) is 0 Å². The molecule has 0 fully saturated rings. The van der Waals surface area contributed by atoms with Crippen molar-refractivity contribution in [3.8, 4) is 11.5 Å². The van der Waals surface area contributed by atoms with Gasteiger partial charge in [-0.15, -0.1) is 0 Å². The summed E-state index contributed by atoms with van der Waals surface area (Å²) >= 11 is 0. The number of carbonyl (C=O) groups excluding carboxylic acids is 1. The Morgan fingerprint density at radius 1 is 0.952 bits per heavy atom. The lowest BCUT2D eigenvalue weighted by atomic mass is 10.0. The Morgan fingerprint density at radius 3 is 2.29 bits per heavy atom. The van der Waals surface area contributed by atoms with Crippen molar-refractivity contribution in [2.45, 2.75) is 6.42 Å². The number of methoxy groups -OCH3 is 2. The molecular formula is C16H14F2O3. The minimum atomic E-state index is -1.03. The van der Waals surface area contributed by atoms with Gasteiger partial charge in [0.05, 0.1) is 14.2 Å². The van der Waals surface area contributed by atoms with Gasteiger partial charge in [-0.05, 0) is 35.9 Å². The summed E-state index contributed by atoms with van der Waals surface area (Å²) in [6, 6.07) is 8.19. The molecule has 0 aliphatic rings. The minimum absolute atomic E-state index is 0.0609. The first-order valence-corrected chi connectivity index (χ1v) is 6.24. The van der Waals surface area contributed by atoms with Crippen LogP contribution in [0.15, 0.2) is 36.4 Å². The van der Waals surface area contributed by atoms with Gasteiger partial charge in [-0.2, -0.15) is 0 Å². The van der Waals surface area contributed by atoms with Gasteiger partial charge >= 0.3 is 0 Å². The Hall–Kier alpha value is -2.43. The standard InChI is InChI=1S/C16H14F2O3/c1-20-15-6-3-10(8-16(15)21-2)7-14(19)11-4-5-12(17)13(18)9-11/h3-6,8-9H,7H2,1-2H3. The molecule has 0 unspecified atom stereocenters. The van der Waals surface area contributed by atoms with Gasteiger partial charge in [0.2, 0.25) is 0 Å². The van der Waals surface area contributed by atoms with Gasteiger partial charge in [0.15, 0.2) is 28.9 Å². The number of hydrogen-bond donors (Lipinski definition) is 0. The summed E-state index contributed by atoms with van der Waals surface area (Å²) in [6.45, 7) is 0. The molecule has 0 aromatic heterocycles. The highest BCUT2D eigenvalue weighted by Gasteiger charge is 2.12. The first-order chi connectivity index (χ1) is 10.0. The van der Waals surface area contributed by atoms with Gasteiger partial charge in [0, 0.05) is 12.0 Å². The number of benzene rings is 2. The van der Waals surface area contributed by atoms with Crippen molar-refractivity contribution in [3.05, 3.63) is 59.2 Å². The average Bonchev–Trinajstić information content (AvgIpc) is 2.49. The van der Waals surface area contributed by atoms with Crippen molar-refractivity contribution < 1.29 is 23.0 Å². The monoisotopic (exact) mass is 292 g/mol. The molecule has 0 heterocycles. The van der Waals surface area contributed by atoms with E-state index in [9.17, 15) is 13.6 Å². The molecule has 0 atom stereocenters. The third-order valence-electron chi connectivity index (χ3n) is 3.05. The van der Waals surface area contributed by atoms with Crippen molar-refractivity contribution >= 4 is 5.78 Å². The molecule has 2 aromatic rings. The fourth-order valence-corrected chi connectivity index (χ4v) is 1.95. The number of hydrogen-bond acceptors (Lipinski definition) is 3. The molecule has 2 rings (SSSR count). The van der Waals surface area contributed by atoms with Crippen LogP contribution in [0.4, 0.5) is 8.78 Å². The molecule has 0 spiro atoms. The number of carbonyl (C=O) groups is 1. The second-order valence-electron chi connectivity index (χ2n) is 4.42. The maximum Gasteiger partial charge on any atom is 0.167 e. The van der Waals surface area contributed by atoms with Crippen molar-refractivity contribution in [2.24, 2.45) is 0 Å². The first-order valence-electron chi connectivity index (χ1n) is 6.24. The van der Waals surface area contributed by atoms with Gasteiger partial charge < -0.3 is 9.47 Å². The Balaban J connectivity index is 2.21. The van der Waals surface area contributed by atoms with E-state index in [-0.39, 0.29) is 17.8 Å². The molecule has 110 valence electrons. The molecule has 0 radical (unpaired) electrons. The molecule has 5 heteroatoms. The van der Waals surface area contributed by atoms with Crippen LogP contribution in [0.25, 0.3) is 0 Å². The van der Waals surface area contributed by atoms with Crippen LogP contribution in [0.2, 0.25) is 0 Å². The number of halogens is 2. The maximum atomic E-state index is 13.1. The van der Waals surface area contributed by atoms with Crippen LogP contribution in [0.5, 0.6) is 11.5 Å². The molecule has 21 heavy (non-hydrogen) atoms. The molecule has 2 aromatic carbocycles. The second kappa shape index (κ2) is 6.35. The summed E-state index contributed by atoms with van der Waals surface area (Å²) in [5, 5.41) is 0. The lowest BCUT2D eigenvalue weighted by Crippen LogP contribution is -2.05. The predicted molar refractivity (Wildman–Crippen MR) is 73.9 cm³/mol. The van der Waals surface area contributed by atoms with E-state index in [1.165, 1.54) is 20.3 Å². The van der Waals surface area contributed by atoms with Crippen molar-refractivity contribution in [3.63, 3.8) is 0 Å². The largest absolute Gasteiger partial charge is 0.493 e. The molecule has 0 saturated heterocycles. The Labute approximate surface area is 121 Å². The SMILES string of the molecule is COc1ccc(CC(=O)c2ccc(F)c(F)c2)cc1OC. The Kier molecular flexibility index (Phi) is 4.52. The zero-order chi connectivity index (χ0) is 15.4. The molecule has 0 bridgehead atoms. The zero-order valence-corrected chi connectivity index (χ0v) is 11.7. The molecule has 0 aliphatic carbocycles. The summed E-state index contributed by atoms with van der Waals surface area (Å²) in [6.07, 6.45) is 0.0609. The van der Waals surface area contributed by atoms with Gasteiger partial charge in [-0.1, -0.05) is 6.07 Å². The van der Waals surface area contributed by atoms with Crippen molar-refractivity contribution in [2.75, 3.05) is 14.2 Å². The summed E-state index contributed by atoms with van der Waals surface area (Å²) in [5.74, 6) is -1.25. The number of ketones is 1. The highest BCUT2D eigenvalue weighted by molar-refractivity contribution is 5.97. The molecule has 0 N–H and O–H groups in total. The number of ether oxygens (including phenoxy) is 2. The van der Waals surface area contributed by atoms with Crippen LogP contribution in [-0.4, -0.2) is 20.0 Å². The maximum absolute atomic E-state index is 13.1. The molecule has 0 saturated carbocycles. The van der Waals surface area contributed by atoms with Crippen LogP contribution in [0, 0.1) is 11.6 Å². The van der Waals surface area contributed by atoms with Crippen LogP contribution in [0.1, 0.15) is 15.9 Å². The van der Waals surface area contributed by atoms with E-state index in [4.69, 9.17) is 9.47 Å². The molecule has 0 aliphatic heterocycles. The van der Waals surface area contributed by atoms with Gasteiger partial charge in [0.1, 0.15) is 0 Å². The van der Waals surface area contributed by atoms with Gasteiger partial charge in [-0.25, -0.2) is 8.78 Å². The zero-order valence-electron chi connectivity index (χ0n) is 11.7. The van der Waals surface area contributed by atoms with E-state index in [2.05, 4.69) is 0 Å². The van der Waals surface area contributed by atoms with E-state index < -0.39 is 11.6 Å². The summed E-state index contributed by atoms with van der Waals surface area (Å²) in [5.41, 5.74) is 0.825. The van der Waals surface area contributed by atoms with E-state index in [1.54, 1.807) is 18.2 Å². The fourth-order valence-electron chi connectivity index (χ4n) is 1.95. The molecule has 0 amide bonds. The highest BCUT2D eigenvalue weighted by Crippen LogP contribution is 2.28. The topological polar surface area (TPSA) is 35.5 Å². The number of rotatable bonds is 5. The summed E-state index contributed by atoms with van der Waals surface area (Å²) in [4.78, 5) is 12.1. The highest BCUT2D eigenvalue weighted by atomic mass is 19.2. The Bertz CT molecular complexity index is 669. The minimum Gasteiger partial charge on any atom is -0.493 e. The smallest absolute Gasteiger partial charge is 0.167 e. The van der Waals surface area contributed by atoms with Crippen LogP contribution < -0.4 is 9.47 Å². The van der Waals surface area contributed by atoms with Gasteiger partial charge in [-0.3, -0.25) is 4.79 Å². The third-order valence-corrected chi connectivity index (χ3v) is 3.05. The van der Waals surface area contributed by atoms with E-state index >= 15 is 0 Å². The van der Waals surface area contributed by atoms with Crippen LogP contribution >= 0.6 is 0 Å². The molecule has 3 nitrogen and oxygen atoms in total. The second-order valence-corrected chi connectivity index (χ2v) is 4.42. The average molecular weight is 292 g/mol. The Morgan fingerprint density at radius 2 is 1.67 bits per heavy atom. The van der Waals surface area contributed by atoms with E-state index in [0.29, 0.717) is 17.1 Å². The van der Waals surface area contributed by atoms with E-state index in [0.717, 1.165) is 12.1 Å². The fraction of sp³-hybridized carbons (Fsp3) is 0.188. The lowest BCUT2D eigenvalue weighted by molar-refractivity contribution is 0.0992. The predicted octanol–water partition coefficient (Wildman–Crippen LogP) is 3.41. The quantitative estimate of drug-likeness (QED) is 0.792. The summed E-state index contributed by atoms with van der Waals surface area (Å²) in [7, 11) is 3.02. The van der Waals surface area contributed by atoms with E-state index in [1.807, 2.05) is 0 Å². The summed E-state index contributed by atoms with van der Waals surface area (Å²) < 4.78 is 36.2.